The zero-order chi connectivity index (χ0) is 26.1. The second-order valence-electron chi connectivity index (χ2n) is 9.51. The Morgan fingerprint density at radius 2 is 1.92 bits per heavy atom. The van der Waals surface area contributed by atoms with Crippen LogP contribution in [0.3, 0.4) is 0 Å². The van der Waals surface area contributed by atoms with Gasteiger partial charge in [0.15, 0.2) is 0 Å². The topological polar surface area (TPSA) is 105 Å². The summed E-state index contributed by atoms with van der Waals surface area (Å²) >= 11 is 3.58. The van der Waals surface area contributed by atoms with Gasteiger partial charge < -0.3 is 10.6 Å². The average Bonchev–Trinajstić information content (AvgIpc) is 3.47. The summed E-state index contributed by atoms with van der Waals surface area (Å²) in [5.41, 5.74) is 7.37. The molecule has 3 N–H and O–H groups in total. The molecule has 4 aromatic rings. The van der Waals surface area contributed by atoms with E-state index in [0.29, 0.717) is 11.4 Å². The lowest BCUT2D eigenvalue weighted by atomic mass is 9.78. The van der Waals surface area contributed by atoms with E-state index in [1.165, 1.54) is 10.2 Å². The van der Waals surface area contributed by atoms with Gasteiger partial charge in [0.25, 0.3) is 5.91 Å². The zero-order valence-electron chi connectivity index (χ0n) is 21.0. The highest BCUT2D eigenvalue weighted by molar-refractivity contribution is 9.10. The van der Waals surface area contributed by atoms with Crippen LogP contribution < -0.4 is 10.6 Å². The fourth-order valence-electron chi connectivity index (χ4n) is 5.23. The van der Waals surface area contributed by atoms with Crippen molar-refractivity contribution in [2.24, 2.45) is 7.05 Å². The first kappa shape index (κ1) is 25.0. The van der Waals surface area contributed by atoms with Gasteiger partial charge in [-0.15, -0.1) is 0 Å². The first-order valence-electron chi connectivity index (χ1n) is 12.3. The molecule has 0 spiro atoms. The van der Waals surface area contributed by atoms with E-state index >= 15 is 0 Å². The van der Waals surface area contributed by atoms with Gasteiger partial charge in [-0.2, -0.15) is 10.2 Å². The predicted molar refractivity (Wildman–Crippen MR) is 146 cm³/mol. The van der Waals surface area contributed by atoms with Gasteiger partial charge in [0.05, 0.1) is 5.69 Å². The summed E-state index contributed by atoms with van der Waals surface area (Å²) in [6.45, 7) is 3.95. The maximum atomic E-state index is 13.7. The number of hydrogen-bond acceptors (Lipinski definition) is 4. The van der Waals surface area contributed by atoms with Crippen molar-refractivity contribution in [2.75, 3.05) is 5.32 Å². The first-order chi connectivity index (χ1) is 17.8. The molecule has 2 aromatic heterocycles. The molecular formula is C28H29BrN6O2. The second kappa shape index (κ2) is 10.3. The SMILES string of the molecule is Cc1n[nH]c(C)c1-c1ccc(NC(=O)C(NC(=O)c2ccnn2C)[C@H]2CCCc3ccc(Br)cc32)cc1. The van der Waals surface area contributed by atoms with Crippen molar-refractivity contribution >= 4 is 33.4 Å². The summed E-state index contributed by atoms with van der Waals surface area (Å²) in [5, 5.41) is 17.4. The van der Waals surface area contributed by atoms with Gasteiger partial charge in [-0.1, -0.05) is 34.1 Å². The molecule has 0 saturated heterocycles. The predicted octanol–water partition coefficient (Wildman–Crippen LogP) is 5.05. The molecule has 37 heavy (non-hydrogen) atoms. The highest BCUT2D eigenvalue weighted by atomic mass is 79.9. The van der Waals surface area contributed by atoms with Crippen molar-refractivity contribution in [1.82, 2.24) is 25.3 Å². The number of rotatable bonds is 6. The number of amides is 2. The standard InChI is InChI=1S/C28H29BrN6O2/c1-16-25(17(2)34-33-16)19-8-11-21(12-9-19)31-28(37)26(32-27(36)24-13-14-30-35(24)3)22-6-4-5-18-7-10-20(29)15-23(18)22/h7-15,22,26H,4-6H2,1-3H3,(H,31,37)(H,32,36)(H,33,34)/t22-,26?/m0/s1. The van der Waals surface area contributed by atoms with Crippen molar-refractivity contribution in [2.45, 2.75) is 45.1 Å². The molecule has 9 heteroatoms. The van der Waals surface area contributed by atoms with Crippen LogP contribution in [0, 0.1) is 13.8 Å². The van der Waals surface area contributed by atoms with Crippen LogP contribution >= 0.6 is 15.9 Å². The third kappa shape index (κ3) is 5.09. The number of aryl methyl sites for hydroxylation is 4. The fraction of sp³-hybridized carbons (Fsp3) is 0.286. The van der Waals surface area contributed by atoms with Crippen LogP contribution in [0.1, 0.15) is 51.8 Å². The van der Waals surface area contributed by atoms with E-state index in [-0.39, 0.29) is 17.7 Å². The molecule has 1 unspecified atom stereocenters. The minimum absolute atomic E-state index is 0.158. The molecular weight excluding hydrogens is 532 g/mol. The molecule has 2 atom stereocenters. The van der Waals surface area contributed by atoms with Crippen LogP contribution in [0.2, 0.25) is 0 Å². The fourth-order valence-corrected chi connectivity index (χ4v) is 5.61. The number of aromatic nitrogens is 4. The van der Waals surface area contributed by atoms with Crippen molar-refractivity contribution in [3.63, 3.8) is 0 Å². The Morgan fingerprint density at radius 3 is 2.59 bits per heavy atom. The van der Waals surface area contributed by atoms with E-state index in [4.69, 9.17) is 0 Å². The molecule has 2 heterocycles. The van der Waals surface area contributed by atoms with Crippen molar-refractivity contribution in [1.29, 1.82) is 0 Å². The molecule has 1 aliphatic rings. The number of nitrogens with zero attached hydrogens (tertiary/aromatic N) is 3. The highest BCUT2D eigenvalue weighted by Crippen LogP contribution is 2.36. The van der Waals surface area contributed by atoms with Crippen LogP contribution in [-0.4, -0.2) is 37.8 Å². The van der Waals surface area contributed by atoms with Crippen molar-refractivity contribution in [3.05, 3.63) is 87.4 Å². The van der Waals surface area contributed by atoms with Gasteiger partial charge in [0.1, 0.15) is 11.7 Å². The third-order valence-corrected chi connectivity index (χ3v) is 7.56. The molecule has 1 aliphatic carbocycles. The van der Waals surface area contributed by atoms with Crippen LogP contribution in [0.4, 0.5) is 5.69 Å². The Morgan fingerprint density at radius 1 is 1.14 bits per heavy atom. The van der Waals surface area contributed by atoms with Crippen LogP contribution in [0.15, 0.2) is 59.2 Å². The summed E-state index contributed by atoms with van der Waals surface area (Å²) in [6, 6.07) is 14.8. The number of hydrogen-bond donors (Lipinski definition) is 3. The van der Waals surface area contributed by atoms with Gasteiger partial charge in [-0.25, -0.2) is 0 Å². The molecule has 190 valence electrons. The molecule has 0 aliphatic heterocycles. The number of fused-ring (bicyclic) bond motifs is 1. The molecule has 2 aromatic carbocycles. The molecule has 2 amide bonds. The lowest BCUT2D eigenvalue weighted by Crippen LogP contribution is -2.48. The summed E-state index contributed by atoms with van der Waals surface area (Å²) in [7, 11) is 1.71. The lowest BCUT2D eigenvalue weighted by Gasteiger charge is -2.32. The molecule has 8 nitrogen and oxygen atoms in total. The Labute approximate surface area is 224 Å². The van der Waals surface area contributed by atoms with Crippen molar-refractivity contribution in [3.8, 4) is 11.1 Å². The summed E-state index contributed by atoms with van der Waals surface area (Å²) in [5.74, 6) is -0.741. The normalized spacial score (nSPS) is 15.6. The number of halogens is 1. The Balaban J connectivity index is 1.43. The molecule has 0 saturated carbocycles. The van der Waals surface area contributed by atoms with Gasteiger partial charge in [-0.05, 0) is 80.1 Å². The van der Waals surface area contributed by atoms with Gasteiger partial charge in [0, 0.05) is 40.6 Å². The van der Waals surface area contributed by atoms with Gasteiger partial charge >= 0.3 is 0 Å². The number of benzene rings is 2. The third-order valence-electron chi connectivity index (χ3n) is 7.06. The van der Waals surface area contributed by atoms with E-state index in [0.717, 1.165) is 51.8 Å². The highest BCUT2D eigenvalue weighted by Gasteiger charge is 2.35. The van der Waals surface area contributed by atoms with E-state index in [9.17, 15) is 9.59 Å². The smallest absolute Gasteiger partial charge is 0.270 e. The number of H-pyrrole nitrogens is 1. The van der Waals surface area contributed by atoms with Gasteiger partial charge in [0.2, 0.25) is 5.91 Å². The number of carbonyl (C=O) groups excluding carboxylic acids is 2. The lowest BCUT2D eigenvalue weighted by molar-refractivity contribution is -0.118. The van der Waals surface area contributed by atoms with Crippen LogP contribution in [-0.2, 0) is 18.3 Å². The maximum Gasteiger partial charge on any atom is 0.270 e. The van der Waals surface area contributed by atoms with Crippen LogP contribution in [0.25, 0.3) is 11.1 Å². The Hall–Kier alpha value is -3.72. The van der Waals surface area contributed by atoms with E-state index in [1.807, 2.05) is 44.2 Å². The number of aromatic amines is 1. The minimum atomic E-state index is -0.756. The molecule has 0 bridgehead atoms. The first-order valence-corrected chi connectivity index (χ1v) is 13.1. The van der Waals surface area contributed by atoms with Crippen LogP contribution in [0.5, 0.6) is 0 Å². The summed E-state index contributed by atoms with van der Waals surface area (Å²) in [4.78, 5) is 26.9. The molecule has 0 fully saturated rings. The number of anilines is 1. The largest absolute Gasteiger partial charge is 0.338 e. The van der Waals surface area contributed by atoms with E-state index in [2.05, 4.69) is 54.0 Å². The van der Waals surface area contributed by atoms with E-state index in [1.54, 1.807) is 19.3 Å². The maximum absolute atomic E-state index is 13.7. The second-order valence-corrected chi connectivity index (χ2v) is 10.4. The number of carbonyl (C=O) groups is 2. The summed E-state index contributed by atoms with van der Waals surface area (Å²) < 4.78 is 2.46. The number of nitrogens with one attached hydrogen (secondary N) is 3. The monoisotopic (exact) mass is 560 g/mol. The van der Waals surface area contributed by atoms with Gasteiger partial charge in [-0.3, -0.25) is 19.4 Å². The Kier molecular flexibility index (Phi) is 6.97. The summed E-state index contributed by atoms with van der Waals surface area (Å²) in [6.07, 6.45) is 4.27. The zero-order valence-corrected chi connectivity index (χ0v) is 22.6. The van der Waals surface area contributed by atoms with Crippen molar-refractivity contribution < 1.29 is 9.59 Å². The Bertz CT molecular complexity index is 1440. The minimum Gasteiger partial charge on any atom is -0.338 e. The van der Waals surface area contributed by atoms with E-state index < -0.39 is 6.04 Å². The molecule has 5 rings (SSSR count). The molecule has 0 radical (unpaired) electrons. The average molecular weight is 561 g/mol. The quantitative estimate of drug-likeness (QED) is 0.307.